The molecule has 1 aromatic heterocycles. The van der Waals surface area contributed by atoms with E-state index in [0.29, 0.717) is 12.7 Å². The Hall–Kier alpha value is -4.22. The van der Waals surface area contributed by atoms with Crippen molar-refractivity contribution in [1.29, 1.82) is 5.41 Å². The Labute approximate surface area is 203 Å². The summed E-state index contributed by atoms with van der Waals surface area (Å²) in [7, 11) is 0. The Kier molecular flexibility index (Phi) is 7.76. The van der Waals surface area contributed by atoms with Crippen LogP contribution in [-0.4, -0.2) is 29.1 Å². The lowest BCUT2D eigenvalue weighted by atomic mass is 10.0. The van der Waals surface area contributed by atoms with Crippen LogP contribution in [0.2, 0.25) is 0 Å². The van der Waals surface area contributed by atoms with Crippen molar-refractivity contribution in [2.75, 3.05) is 10.6 Å². The fourth-order valence-electron chi connectivity index (χ4n) is 3.26. The highest BCUT2D eigenvalue weighted by Crippen LogP contribution is 2.34. The number of alkyl halides is 4. The van der Waals surface area contributed by atoms with Crippen molar-refractivity contribution in [2.45, 2.75) is 33.3 Å². The van der Waals surface area contributed by atoms with E-state index < -0.39 is 30.3 Å². The van der Waals surface area contributed by atoms with Gasteiger partial charge in [-0.1, -0.05) is 12.1 Å². The second kappa shape index (κ2) is 10.6. The Bertz CT molecular complexity index is 1290. The topological polar surface area (TPSA) is 117 Å². The van der Waals surface area contributed by atoms with Crippen LogP contribution >= 0.6 is 0 Å². The molecule has 0 aliphatic rings. The number of rotatable bonds is 9. The van der Waals surface area contributed by atoms with Gasteiger partial charge in [0.15, 0.2) is 5.92 Å². The maximum absolute atomic E-state index is 13.6. The monoisotopic (exact) mass is 506 g/mol. The van der Waals surface area contributed by atoms with E-state index in [-0.39, 0.29) is 39.9 Å². The number of halogens is 4. The quantitative estimate of drug-likeness (QED) is 0.199. The lowest BCUT2D eigenvalue weighted by molar-refractivity contribution is -0.126. The molecule has 0 aliphatic heterocycles. The van der Waals surface area contributed by atoms with Gasteiger partial charge in [-0.05, 0) is 44.2 Å². The summed E-state index contributed by atoms with van der Waals surface area (Å²) in [5.74, 6) is -6.47. The van der Waals surface area contributed by atoms with Crippen molar-refractivity contribution in [3.8, 4) is 17.2 Å². The summed E-state index contributed by atoms with van der Waals surface area (Å²) in [6, 6.07) is 8.64. The minimum Gasteiger partial charge on any atom is -0.441 e. The van der Waals surface area contributed by atoms with Crippen LogP contribution in [-0.2, 0) is 15.5 Å². The van der Waals surface area contributed by atoms with Crippen LogP contribution < -0.4 is 15.4 Å². The zero-order valence-corrected chi connectivity index (χ0v) is 19.4. The van der Waals surface area contributed by atoms with Gasteiger partial charge in [-0.3, -0.25) is 9.59 Å². The third-order valence-corrected chi connectivity index (χ3v) is 4.91. The number of benzene rings is 2. The Balaban J connectivity index is 1.84. The Morgan fingerprint density at radius 2 is 1.72 bits per heavy atom. The average molecular weight is 506 g/mol. The molecule has 190 valence electrons. The van der Waals surface area contributed by atoms with Crippen LogP contribution in [0.3, 0.4) is 0 Å². The smallest absolute Gasteiger partial charge is 0.387 e. The zero-order valence-electron chi connectivity index (χ0n) is 19.4. The maximum Gasteiger partial charge on any atom is 0.387 e. The van der Waals surface area contributed by atoms with Gasteiger partial charge >= 0.3 is 6.61 Å². The molecule has 3 N–H and O–H groups in total. The van der Waals surface area contributed by atoms with Gasteiger partial charge in [-0.15, -0.1) is 0 Å². The molecule has 0 aliphatic carbocycles. The van der Waals surface area contributed by atoms with Gasteiger partial charge in [-0.2, -0.15) is 8.78 Å². The molecule has 0 fully saturated rings. The highest BCUT2D eigenvalue weighted by atomic mass is 19.3. The summed E-state index contributed by atoms with van der Waals surface area (Å²) >= 11 is 0. The molecular formula is C24H22F4N4O4. The van der Waals surface area contributed by atoms with Gasteiger partial charge in [0, 0.05) is 29.6 Å². The summed E-state index contributed by atoms with van der Waals surface area (Å²) in [5, 5.41) is 12.7. The highest BCUT2D eigenvalue weighted by Gasteiger charge is 2.30. The van der Waals surface area contributed by atoms with E-state index in [4.69, 9.17) is 9.83 Å². The maximum atomic E-state index is 13.6. The van der Waals surface area contributed by atoms with E-state index in [1.165, 1.54) is 49.5 Å². The summed E-state index contributed by atoms with van der Waals surface area (Å²) in [6.45, 7) is 0.418. The van der Waals surface area contributed by atoms with Crippen LogP contribution in [0.25, 0.3) is 11.5 Å². The lowest BCUT2D eigenvalue weighted by Gasteiger charge is -2.18. The number of nitrogens with zero attached hydrogens (tertiary/aromatic N) is 1. The summed E-state index contributed by atoms with van der Waals surface area (Å²) in [4.78, 5) is 29.7. The number of oxazole rings is 1. The van der Waals surface area contributed by atoms with E-state index in [1.807, 2.05) is 0 Å². The van der Waals surface area contributed by atoms with E-state index in [2.05, 4.69) is 20.4 Å². The number of nitrogens with one attached hydrogen (secondary N) is 3. The molecule has 1 heterocycles. The molecule has 12 heteroatoms. The van der Waals surface area contributed by atoms with Crippen LogP contribution in [0.15, 0.2) is 53.1 Å². The largest absolute Gasteiger partial charge is 0.441 e. The Morgan fingerprint density at radius 1 is 1.08 bits per heavy atom. The first-order valence-corrected chi connectivity index (χ1v) is 10.5. The number of aromatic nitrogens is 1. The van der Waals surface area contributed by atoms with Gasteiger partial charge in [-0.25, -0.2) is 13.8 Å². The zero-order chi connectivity index (χ0) is 26.6. The lowest BCUT2D eigenvalue weighted by Crippen LogP contribution is -2.38. The molecule has 1 unspecified atom stereocenters. The first kappa shape index (κ1) is 26.4. The van der Waals surface area contributed by atoms with Crippen molar-refractivity contribution in [2.24, 2.45) is 5.92 Å². The van der Waals surface area contributed by atoms with Crippen LogP contribution in [0.5, 0.6) is 5.75 Å². The van der Waals surface area contributed by atoms with Gasteiger partial charge in [0.2, 0.25) is 17.7 Å². The standard InChI is InChI=1S/C24H22F4N4O4/c1-12-11-30-22(35-12)17-10-16(7-8-18(17)36-23(25)26)32-21(34)19(13(2)29)20(33)31-15-6-4-5-14(9-15)24(3,27)28/h4-11,19,23,29H,1-3H3,(H,31,33)(H,32,34). The number of anilines is 2. The van der Waals surface area contributed by atoms with E-state index in [0.717, 1.165) is 6.07 Å². The number of hydrogen-bond donors (Lipinski definition) is 3. The number of hydrogen-bond acceptors (Lipinski definition) is 6. The summed E-state index contributed by atoms with van der Waals surface area (Å²) in [6.07, 6.45) is 1.37. The molecule has 2 aromatic carbocycles. The average Bonchev–Trinajstić information content (AvgIpc) is 3.20. The number of carbonyl (C=O) groups excluding carboxylic acids is 2. The first-order chi connectivity index (χ1) is 16.8. The fourth-order valence-corrected chi connectivity index (χ4v) is 3.26. The van der Waals surface area contributed by atoms with Crippen molar-refractivity contribution >= 4 is 28.9 Å². The molecular weight excluding hydrogens is 484 g/mol. The molecule has 3 rings (SSSR count). The highest BCUT2D eigenvalue weighted by molar-refractivity contribution is 6.24. The first-order valence-electron chi connectivity index (χ1n) is 10.5. The summed E-state index contributed by atoms with van der Waals surface area (Å²) < 4.78 is 62.8. The predicted octanol–water partition coefficient (Wildman–Crippen LogP) is 5.60. The second-order valence-corrected chi connectivity index (χ2v) is 7.93. The molecule has 0 saturated carbocycles. The molecule has 0 spiro atoms. The molecule has 3 aromatic rings. The van der Waals surface area contributed by atoms with Gasteiger partial charge < -0.3 is 25.2 Å². The van der Waals surface area contributed by atoms with Crippen LogP contribution in [0.1, 0.15) is 25.2 Å². The predicted molar refractivity (Wildman–Crippen MR) is 123 cm³/mol. The molecule has 0 radical (unpaired) electrons. The summed E-state index contributed by atoms with van der Waals surface area (Å²) in [5.41, 5.74) is -0.533. The van der Waals surface area contributed by atoms with Crippen molar-refractivity contribution in [3.63, 3.8) is 0 Å². The van der Waals surface area contributed by atoms with Crippen molar-refractivity contribution < 1.29 is 36.3 Å². The third kappa shape index (κ3) is 6.46. The number of carbonyl (C=O) groups is 2. The SMILES string of the molecule is CC(=N)C(C(=O)Nc1cccc(C(C)(F)F)c1)C(=O)Nc1ccc(OC(F)F)c(-c2ncc(C)o2)c1. The van der Waals surface area contributed by atoms with E-state index >= 15 is 0 Å². The molecule has 0 saturated heterocycles. The minimum atomic E-state index is -3.14. The van der Waals surface area contributed by atoms with Crippen molar-refractivity contribution in [1.82, 2.24) is 4.98 Å². The number of ether oxygens (including phenoxy) is 1. The van der Waals surface area contributed by atoms with Gasteiger partial charge in [0.05, 0.1) is 11.8 Å². The molecule has 2 amide bonds. The number of aryl methyl sites for hydroxylation is 1. The molecule has 8 nitrogen and oxygen atoms in total. The third-order valence-electron chi connectivity index (χ3n) is 4.91. The van der Waals surface area contributed by atoms with E-state index in [1.54, 1.807) is 6.92 Å². The molecule has 0 bridgehead atoms. The Morgan fingerprint density at radius 3 is 2.25 bits per heavy atom. The van der Waals surface area contributed by atoms with Crippen molar-refractivity contribution in [3.05, 3.63) is 60.0 Å². The molecule has 1 atom stereocenters. The molecule has 36 heavy (non-hydrogen) atoms. The number of amides is 2. The fraction of sp³-hybridized carbons (Fsp3) is 0.250. The second-order valence-electron chi connectivity index (χ2n) is 7.93. The van der Waals surface area contributed by atoms with Crippen LogP contribution in [0.4, 0.5) is 28.9 Å². The van der Waals surface area contributed by atoms with Gasteiger partial charge in [0.1, 0.15) is 11.5 Å². The van der Waals surface area contributed by atoms with Gasteiger partial charge in [0.25, 0.3) is 5.92 Å². The minimum absolute atomic E-state index is 0.0195. The van der Waals surface area contributed by atoms with E-state index in [9.17, 15) is 27.2 Å². The normalized spacial score (nSPS) is 12.2. The van der Waals surface area contributed by atoms with Crippen LogP contribution in [0, 0.1) is 18.3 Å².